The number of ether oxygens (including phenoxy) is 1. The van der Waals surface area contributed by atoms with E-state index >= 15 is 0 Å². The van der Waals surface area contributed by atoms with Crippen LogP contribution >= 0.6 is 16.1 Å². The van der Waals surface area contributed by atoms with E-state index in [2.05, 4.69) is 16.1 Å². The van der Waals surface area contributed by atoms with Gasteiger partial charge in [-0.15, -0.1) is 0 Å². The highest BCUT2D eigenvalue weighted by Crippen LogP contribution is 2.16. The van der Waals surface area contributed by atoms with Gasteiger partial charge in [-0.25, -0.2) is 4.79 Å². The van der Waals surface area contributed by atoms with Crippen molar-refractivity contribution in [2.45, 2.75) is 6.42 Å². The number of imide groups is 2. The summed E-state index contributed by atoms with van der Waals surface area (Å²) >= 11 is 2.76. The number of carbonyl (C=O) groups excluding carboxylic acids is 3. The molecule has 1 unspecified atom stereocenters. The first-order valence-electron chi connectivity index (χ1n) is 3.91. The van der Waals surface area contributed by atoms with Crippen molar-refractivity contribution in [3.05, 3.63) is 0 Å². The summed E-state index contributed by atoms with van der Waals surface area (Å²) in [6, 6.07) is -0.756. The Morgan fingerprint density at radius 1 is 1.50 bits per heavy atom. The molecule has 1 fully saturated rings. The van der Waals surface area contributed by atoms with E-state index in [0.717, 1.165) is 0 Å². The third kappa shape index (κ3) is 2.10. The minimum atomic E-state index is -0.855. The molecule has 78 valence electrons. The number of methoxy groups -OCH3 is 1. The Bertz CT molecular complexity index is 281. The SMILES string of the molecule is COCCC1C(=O)NC(=O)N(Br)C1=O. The summed E-state index contributed by atoms with van der Waals surface area (Å²) in [6.07, 6.45) is 0.260. The molecule has 1 rings (SSSR count). The predicted octanol–water partition coefficient (Wildman–Crippen LogP) is 0.0274. The lowest BCUT2D eigenvalue weighted by atomic mass is 10.0. The molecule has 7 heteroatoms. The molecule has 0 aromatic carbocycles. The van der Waals surface area contributed by atoms with Gasteiger partial charge in [0.2, 0.25) is 5.91 Å². The molecule has 4 amide bonds. The van der Waals surface area contributed by atoms with Gasteiger partial charge in [-0.3, -0.25) is 14.9 Å². The summed E-state index contributed by atoms with van der Waals surface area (Å²) in [4.78, 5) is 33.5. The number of barbiturate groups is 1. The highest BCUT2D eigenvalue weighted by Gasteiger charge is 2.39. The first kappa shape index (κ1) is 11.1. The average Bonchev–Trinajstić information content (AvgIpc) is 2.14. The molecular weight excluding hydrogens is 256 g/mol. The van der Waals surface area contributed by atoms with Crippen molar-refractivity contribution in [2.24, 2.45) is 5.92 Å². The number of nitrogens with one attached hydrogen (secondary N) is 1. The van der Waals surface area contributed by atoms with Crippen molar-refractivity contribution in [3.63, 3.8) is 0 Å². The lowest BCUT2D eigenvalue weighted by molar-refractivity contribution is -0.139. The number of nitrogens with zero attached hydrogens (tertiary/aromatic N) is 1. The Labute approximate surface area is 88.9 Å². The summed E-state index contributed by atoms with van der Waals surface area (Å²) in [5.74, 6) is -1.99. The van der Waals surface area contributed by atoms with Crippen LogP contribution in [0.15, 0.2) is 0 Å². The first-order chi connectivity index (χ1) is 6.57. The van der Waals surface area contributed by atoms with Gasteiger partial charge in [-0.05, 0) is 6.42 Å². The molecule has 0 aromatic heterocycles. The largest absolute Gasteiger partial charge is 0.385 e. The molecule has 0 aromatic rings. The maximum Gasteiger partial charge on any atom is 0.341 e. The maximum atomic E-state index is 11.4. The van der Waals surface area contributed by atoms with E-state index in [1.165, 1.54) is 7.11 Å². The molecule has 1 heterocycles. The van der Waals surface area contributed by atoms with Gasteiger partial charge in [0.25, 0.3) is 5.91 Å². The van der Waals surface area contributed by atoms with Gasteiger partial charge in [0, 0.05) is 13.7 Å². The van der Waals surface area contributed by atoms with Crippen LogP contribution in [0.25, 0.3) is 0 Å². The number of rotatable bonds is 3. The van der Waals surface area contributed by atoms with Crippen molar-refractivity contribution in [1.29, 1.82) is 0 Å². The van der Waals surface area contributed by atoms with Crippen LogP contribution in [0, 0.1) is 5.92 Å². The molecular formula is C7H9BrN2O4. The van der Waals surface area contributed by atoms with Gasteiger partial charge in [-0.1, -0.05) is 0 Å². The van der Waals surface area contributed by atoms with Crippen LogP contribution in [0.1, 0.15) is 6.42 Å². The Morgan fingerprint density at radius 2 is 2.14 bits per heavy atom. The van der Waals surface area contributed by atoms with Gasteiger partial charge in [0.05, 0.1) is 16.1 Å². The summed E-state index contributed by atoms with van der Waals surface area (Å²) in [5.41, 5.74) is 0. The zero-order chi connectivity index (χ0) is 10.7. The molecule has 0 bridgehead atoms. The van der Waals surface area contributed by atoms with E-state index in [1.807, 2.05) is 5.32 Å². The quantitative estimate of drug-likeness (QED) is 0.577. The van der Waals surface area contributed by atoms with E-state index in [1.54, 1.807) is 0 Å². The number of urea groups is 1. The molecule has 1 atom stereocenters. The Hall–Kier alpha value is -0.950. The number of carbonyl (C=O) groups is 3. The summed E-state index contributed by atoms with van der Waals surface area (Å²) in [7, 11) is 1.47. The monoisotopic (exact) mass is 264 g/mol. The van der Waals surface area contributed by atoms with E-state index < -0.39 is 23.8 Å². The van der Waals surface area contributed by atoms with E-state index in [0.29, 0.717) is 10.5 Å². The number of halogens is 1. The second-order valence-electron chi connectivity index (χ2n) is 2.75. The number of hydrogen-bond acceptors (Lipinski definition) is 4. The Balaban J connectivity index is 2.69. The van der Waals surface area contributed by atoms with Gasteiger partial charge >= 0.3 is 6.03 Å². The molecule has 0 spiro atoms. The van der Waals surface area contributed by atoms with Crippen LogP contribution in [0.4, 0.5) is 4.79 Å². The average molecular weight is 265 g/mol. The van der Waals surface area contributed by atoms with Crippen LogP contribution < -0.4 is 5.32 Å². The zero-order valence-electron chi connectivity index (χ0n) is 7.45. The second-order valence-corrected chi connectivity index (χ2v) is 3.46. The van der Waals surface area contributed by atoms with Crippen LogP contribution in [0.5, 0.6) is 0 Å². The lowest BCUT2D eigenvalue weighted by Gasteiger charge is -2.24. The fourth-order valence-electron chi connectivity index (χ4n) is 1.08. The maximum absolute atomic E-state index is 11.4. The first-order valence-corrected chi connectivity index (χ1v) is 4.62. The fraction of sp³-hybridized carbons (Fsp3) is 0.571. The fourth-order valence-corrected chi connectivity index (χ4v) is 1.42. The summed E-state index contributed by atoms with van der Waals surface area (Å²) in [5, 5.41) is 2.04. The van der Waals surface area contributed by atoms with Crippen LogP contribution in [0.3, 0.4) is 0 Å². The molecule has 1 N–H and O–H groups in total. The van der Waals surface area contributed by atoms with Crippen molar-refractivity contribution in [2.75, 3.05) is 13.7 Å². The molecule has 1 aliphatic rings. The van der Waals surface area contributed by atoms with Crippen molar-refractivity contribution >= 4 is 34.0 Å². The zero-order valence-corrected chi connectivity index (χ0v) is 9.04. The highest BCUT2D eigenvalue weighted by atomic mass is 79.9. The highest BCUT2D eigenvalue weighted by molar-refractivity contribution is 9.08. The standard InChI is InChI=1S/C7H9BrN2O4/c1-14-3-2-4-5(11)9-7(13)10(8)6(4)12/h4H,2-3H2,1H3,(H,9,11,13). The second kappa shape index (κ2) is 4.52. The van der Waals surface area contributed by atoms with E-state index in [9.17, 15) is 14.4 Å². The van der Waals surface area contributed by atoms with Crippen molar-refractivity contribution < 1.29 is 19.1 Å². The molecule has 1 aliphatic heterocycles. The normalized spacial score (nSPS) is 22.6. The molecule has 1 saturated heterocycles. The van der Waals surface area contributed by atoms with Crippen molar-refractivity contribution in [1.82, 2.24) is 9.24 Å². The molecule has 6 nitrogen and oxygen atoms in total. The summed E-state index contributed by atoms with van der Waals surface area (Å²) in [6.45, 7) is 0.291. The Morgan fingerprint density at radius 3 is 2.71 bits per heavy atom. The van der Waals surface area contributed by atoms with Crippen molar-refractivity contribution in [3.8, 4) is 0 Å². The predicted molar refractivity (Wildman–Crippen MR) is 49.3 cm³/mol. The van der Waals surface area contributed by atoms with Crippen LogP contribution in [0.2, 0.25) is 0 Å². The third-order valence-electron chi connectivity index (χ3n) is 1.83. The Kier molecular flexibility index (Phi) is 3.59. The third-order valence-corrected chi connectivity index (χ3v) is 2.50. The minimum Gasteiger partial charge on any atom is -0.385 e. The van der Waals surface area contributed by atoms with Gasteiger partial charge in [-0.2, -0.15) is 3.93 Å². The van der Waals surface area contributed by atoms with Gasteiger partial charge in [0.15, 0.2) is 0 Å². The van der Waals surface area contributed by atoms with E-state index in [-0.39, 0.29) is 6.42 Å². The van der Waals surface area contributed by atoms with Gasteiger partial charge in [0.1, 0.15) is 5.92 Å². The lowest BCUT2D eigenvalue weighted by Crippen LogP contribution is -2.54. The topological polar surface area (TPSA) is 75.7 Å². The van der Waals surface area contributed by atoms with E-state index in [4.69, 9.17) is 4.74 Å². The molecule has 0 saturated carbocycles. The molecule has 0 radical (unpaired) electrons. The van der Waals surface area contributed by atoms with Gasteiger partial charge < -0.3 is 4.74 Å². The smallest absolute Gasteiger partial charge is 0.341 e. The molecule has 0 aliphatic carbocycles. The number of amides is 4. The summed E-state index contributed by atoms with van der Waals surface area (Å²) < 4.78 is 5.47. The molecule has 14 heavy (non-hydrogen) atoms. The van der Waals surface area contributed by atoms with Crippen LogP contribution in [-0.2, 0) is 14.3 Å². The number of hydrogen-bond donors (Lipinski definition) is 1. The van der Waals surface area contributed by atoms with Crippen LogP contribution in [-0.4, -0.2) is 35.5 Å². The minimum absolute atomic E-state index is 0.260.